The van der Waals surface area contributed by atoms with Gasteiger partial charge in [0.1, 0.15) is 22.2 Å². The Hall–Kier alpha value is -2.70. The number of anilines is 1. The monoisotopic (exact) mass is 494 g/mol. The van der Waals surface area contributed by atoms with E-state index in [2.05, 4.69) is 10.6 Å². The largest absolute Gasteiger partial charge is 0.492 e. The van der Waals surface area contributed by atoms with Crippen LogP contribution in [0.15, 0.2) is 23.1 Å². The summed E-state index contributed by atoms with van der Waals surface area (Å²) in [6, 6.07) is 2.69. The van der Waals surface area contributed by atoms with Crippen molar-refractivity contribution in [3.05, 3.63) is 18.2 Å². The molecule has 3 aliphatic rings. The number of hydrogen-bond donors (Lipinski definition) is 2. The molecule has 0 aromatic heterocycles. The van der Waals surface area contributed by atoms with E-state index in [0.29, 0.717) is 26.1 Å². The van der Waals surface area contributed by atoms with Gasteiger partial charge in [-0.2, -0.15) is 4.31 Å². The number of benzene rings is 1. The number of rotatable bonds is 7. The first kappa shape index (κ1) is 24.4. The average molecular weight is 495 g/mol. The fraction of sp³-hybridized carbons (Fsp3) is 0.591. The highest BCUT2D eigenvalue weighted by molar-refractivity contribution is 7.89. The fourth-order valence-corrected chi connectivity index (χ4v) is 6.23. The molecular formula is C22H30N4O7S. The van der Waals surface area contributed by atoms with Crippen molar-refractivity contribution in [2.45, 2.75) is 56.0 Å². The predicted molar refractivity (Wildman–Crippen MR) is 122 cm³/mol. The van der Waals surface area contributed by atoms with Crippen molar-refractivity contribution < 1.29 is 32.3 Å². The SMILES string of the molecule is CCOc1ccc(NC(=O)C(C)N2C(=O)NC3(CCCC3)C2=O)cc1S(=O)(=O)N1CCOCC1. The Balaban J connectivity index is 1.55. The van der Waals surface area contributed by atoms with E-state index in [0.717, 1.165) is 17.7 Å². The Kier molecular flexibility index (Phi) is 6.83. The standard InChI is InChI=1S/C22H30N4O7S/c1-3-33-17-7-6-16(14-18(17)34(30,31)25-10-12-32-13-11-25)23-19(27)15(2)26-20(28)22(24-21(26)29)8-4-5-9-22/h6-7,14-15H,3-5,8-13H2,1-2H3,(H,23,27)(H,24,29). The summed E-state index contributed by atoms with van der Waals surface area (Å²) >= 11 is 0. The number of hydrogen-bond acceptors (Lipinski definition) is 7. The minimum absolute atomic E-state index is 0.0680. The quantitative estimate of drug-likeness (QED) is 0.546. The maximum Gasteiger partial charge on any atom is 0.325 e. The minimum atomic E-state index is -3.89. The van der Waals surface area contributed by atoms with Crippen LogP contribution < -0.4 is 15.4 Å². The van der Waals surface area contributed by atoms with Gasteiger partial charge in [0, 0.05) is 18.8 Å². The first-order chi connectivity index (χ1) is 16.2. The van der Waals surface area contributed by atoms with E-state index in [4.69, 9.17) is 9.47 Å². The number of carbonyl (C=O) groups is 3. The van der Waals surface area contributed by atoms with Gasteiger partial charge >= 0.3 is 6.03 Å². The van der Waals surface area contributed by atoms with Crippen molar-refractivity contribution in [3.63, 3.8) is 0 Å². The zero-order valence-electron chi connectivity index (χ0n) is 19.3. The van der Waals surface area contributed by atoms with Gasteiger partial charge in [0.2, 0.25) is 15.9 Å². The van der Waals surface area contributed by atoms with Gasteiger partial charge in [0.05, 0.1) is 19.8 Å². The molecule has 34 heavy (non-hydrogen) atoms. The molecule has 4 amide bonds. The third kappa shape index (κ3) is 4.37. The Morgan fingerprint density at radius 1 is 1.24 bits per heavy atom. The number of nitrogens with zero attached hydrogens (tertiary/aromatic N) is 2. The summed E-state index contributed by atoms with van der Waals surface area (Å²) in [5.74, 6) is -0.810. The lowest BCUT2D eigenvalue weighted by molar-refractivity contribution is -0.136. The molecule has 0 radical (unpaired) electrons. The molecule has 1 aromatic carbocycles. The lowest BCUT2D eigenvalue weighted by Crippen LogP contribution is -2.48. The van der Waals surface area contributed by atoms with Crippen molar-refractivity contribution in [1.29, 1.82) is 0 Å². The molecule has 2 saturated heterocycles. The van der Waals surface area contributed by atoms with E-state index >= 15 is 0 Å². The molecule has 1 unspecified atom stereocenters. The molecule has 1 aromatic rings. The van der Waals surface area contributed by atoms with Crippen LogP contribution in [0.1, 0.15) is 39.5 Å². The van der Waals surface area contributed by atoms with Gasteiger partial charge in [-0.25, -0.2) is 18.1 Å². The molecule has 11 nitrogen and oxygen atoms in total. The van der Waals surface area contributed by atoms with E-state index in [9.17, 15) is 22.8 Å². The number of urea groups is 1. The molecule has 2 N–H and O–H groups in total. The zero-order valence-corrected chi connectivity index (χ0v) is 20.2. The second kappa shape index (κ2) is 9.51. The molecular weight excluding hydrogens is 464 g/mol. The molecule has 1 aliphatic carbocycles. The van der Waals surface area contributed by atoms with Gasteiger partial charge in [-0.05, 0) is 44.9 Å². The smallest absolute Gasteiger partial charge is 0.325 e. The Labute approximate surface area is 198 Å². The molecule has 4 rings (SSSR count). The third-order valence-electron chi connectivity index (χ3n) is 6.52. The molecule has 12 heteroatoms. The van der Waals surface area contributed by atoms with Crippen LogP contribution in [0.2, 0.25) is 0 Å². The lowest BCUT2D eigenvalue weighted by Gasteiger charge is -2.27. The van der Waals surface area contributed by atoms with Gasteiger partial charge in [0.15, 0.2) is 0 Å². The summed E-state index contributed by atoms with van der Waals surface area (Å²) in [6.07, 6.45) is 2.80. The third-order valence-corrected chi connectivity index (χ3v) is 8.44. The number of amides is 4. The number of sulfonamides is 1. The minimum Gasteiger partial charge on any atom is -0.492 e. The first-order valence-electron chi connectivity index (χ1n) is 11.5. The number of imide groups is 1. The van der Waals surface area contributed by atoms with E-state index in [1.165, 1.54) is 29.4 Å². The van der Waals surface area contributed by atoms with E-state index in [-0.39, 0.29) is 41.9 Å². The Morgan fingerprint density at radius 2 is 1.91 bits per heavy atom. The van der Waals surface area contributed by atoms with Gasteiger partial charge in [0.25, 0.3) is 5.91 Å². The molecule has 186 valence electrons. The van der Waals surface area contributed by atoms with Crippen molar-refractivity contribution in [3.8, 4) is 5.75 Å². The number of nitrogens with one attached hydrogen (secondary N) is 2. The second-order valence-electron chi connectivity index (χ2n) is 8.67. The summed E-state index contributed by atoms with van der Waals surface area (Å²) in [4.78, 5) is 39.4. The highest BCUT2D eigenvalue weighted by Crippen LogP contribution is 2.36. The molecule has 1 spiro atoms. The van der Waals surface area contributed by atoms with Crippen LogP contribution in [0.5, 0.6) is 5.75 Å². The van der Waals surface area contributed by atoms with Crippen LogP contribution in [-0.4, -0.2) is 80.0 Å². The number of morpholine rings is 1. The summed E-state index contributed by atoms with van der Waals surface area (Å²) in [7, 11) is -3.89. The van der Waals surface area contributed by atoms with Gasteiger partial charge < -0.3 is 20.1 Å². The fourth-order valence-electron chi connectivity index (χ4n) is 4.66. The van der Waals surface area contributed by atoms with Crippen molar-refractivity contribution in [2.24, 2.45) is 0 Å². The van der Waals surface area contributed by atoms with E-state index in [1.807, 2.05) is 0 Å². The predicted octanol–water partition coefficient (Wildman–Crippen LogP) is 1.30. The van der Waals surface area contributed by atoms with E-state index in [1.54, 1.807) is 6.92 Å². The van der Waals surface area contributed by atoms with Gasteiger partial charge in [-0.1, -0.05) is 12.8 Å². The van der Waals surface area contributed by atoms with Gasteiger partial charge in [-0.15, -0.1) is 0 Å². The Bertz CT molecular complexity index is 1080. The summed E-state index contributed by atoms with van der Waals surface area (Å²) in [5, 5.41) is 5.41. The molecule has 2 aliphatic heterocycles. The summed E-state index contributed by atoms with van der Waals surface area (Å²) < 4.78 is 38.6. The zero-order chi connectivity index (χ0) is 24.5. The van der Waals surface area contributed by atoms with Crippen molar-refractivity contribution in [2.75, 3.05) is 38.2 Å². The maximum atomic E-state index is 13.3. The summed E-state index contributed by atoms with van der Waals surface area (Å²) in [6.45, 7) is 4.51. The lowest BCUT2D eigenvalue weighted by atomic mass is 9.97. The molecule has 2 heterocycles. The molecule has 3 fully saturated rings. The number of ether oxygens (including phenoxy) is 2. The van der Waals surface area contributed by atoms with Crippen molar-refractivity contribution >= 4 is 33.6 Å². The first-order valence-corrected chi connectivity index (χ1v) is 12.9. The molecule has 1 atom stereocenters. The molecule has 0 bridgehead atoms. The topological polar surface area (TPSA) is 134 Å². The van der Waals surface area contributed by atoms with Crippen LogP contribution in [-0.2, 0) is 24.3 Å². The average Bonchev–Trinajstić information content (AvgIpc) is 3.39. The van der Waals surface area contributed by atoms with E-state index < -0.39 is 33.5 Å². The van der Waals surface area contributed by atoms with Crippen LogP contribution in [0.3, 0.4) is 0 Å². The Morgan fingerprint density at radius 3 is 2.56 bits per heavy atom. The second-order valence-corrected chi connectivity index (χ2v) is 10.6. The maximum absolute atomic E-state index is 13.3. The van der Waals surface area contributed by atoms with Crippen LogP contribution in [0.4, 0.5) is 10.5 Å². The van der Waals surface area contributed by atoms with Crippen LogP contribution in [0, 0.1) is 0 Å². The van der Waals surface area contributed by atoms with Crippen LogP contribution in [0.25, 0.3) is 0 Å². The summed E-state index contributed by atoms with van der Waals surface area (Å²) in [5.41, 5.74) is -0.695. The highest BCUT2D eigenvalue weighted by atomic mass is 32.2. The van der Waals surface area contributed by atoms with Crippen LogP contribution >= 0.6 is 0 Å². The van der Waals surface area contributed by atoms with Crippen molar-refractivity contribution in [1.82, 2.24) is 14.5 Å². The number of carbonyl (C=O) groups excluding carboxylic acids is 3. The normalized spacial score (nSPS) is 21.5. The van der Waals surface area contributed by atoms with Gasteiger partial charge in [-0.3, -0.25) is 9.59 Å². The molecule has 1 saturated carbocycles. The highest BCUT2D eigenvalue weighted by Gasteiger charge is 2.54.